The summed E-state index contributed by atoms with van der Waals surface area (Å²) in [6.07, 6.45) is 1.73. The maximum absolute atomic E-state index is 12.5. The van der Waals surface area contributed by atoms with Crippen molar-refractivity contribution in [3.63, 3.8) is 0 Å². The Morgan fingerprint density at radius 3 is 2.53 bits per heavy atom. The number of amides is 1. The third kappa shape index (κ3) is 5.07. The largest absolute Gasteiger partial charge is 0.493 e. The minimum atomic E-state index is -0.422. The minimum absolute atomic E-state index is 0.146. The SMILES string of the molecule is COc1ccccc1OCc1ccc(C(=O)Nc2ccn(Cc3c(Cl)cccc3Cl)n2)o1. The maximum atomic E-state index is 12.5. The highest BCUT2D eigenvalue weighted by atomic mass is 35.5. The van der Waals surface area contributed by atoms with Gasteiger partial charge in [0.15, 0.2) is 23.1 Å². The highest BCUT2D eigenvalue weighted by molar-refractivity contribution is 6.35. The number of halogens is 2. The van der Waals surface area contributed by atoms with Crippen LogP contribution < -0.4 is 14.8 Å². The Morgan fingerprint density at radius 1 is 1.03 bits per heavy atom. The molecule has 2 aromatic carbocycles. The van der Waals surface area contributed by atoms with Crippen LogP contribution in [0.15, 0.2) is 71.3 Å². The summed E-state index contributed by atoms with van der Waals surface area (Å²) in [7, 11) is 1.57. The Morgan fingerprint density at radius 2 is 1.78 bits per heavy atom. The molecular weight excluding hydrogens is 453 g/mol. The van der Waals surface area contributed by atoms with Crippen LogP contribution in [0.2, 0.25) is 10.0 Å². The Labute approximate surface area is 194 Å². The highest BCUT2D eigenvalue weighted by Crippen LogP contribution is 2.27. The van der Waals surface area contributed by atoms with Gasteiger partial charge in [0.25, 0.3) is 5.91 Å². The lowest BCUT2D eigenvalue weighted by molar-refractivity contribution is 0.0992. The molecule has 7 nitrogen and oxygen atoms in total. The molecule has 0 bridgehead atoms. The third-order valence-electron chi connectivity index (χ3n) is 4.59. The van der Waals surface area contributed by atoms with Crippen molar-refractivity contribution in [1.29, 1.82) is 0 Å². The van der Waals surface area contributed by atoms with E-state index in [0.717, 1.165) is 5.56 Å². The number of methoxy groups -OCH3 is 1. The van der Waals surface area contributed by atoms with Crippen molar-refractivity contribution >= 4 is 34.9 Å². The molecular formula is C23H19Cl2N3O4. The molecule has 0 atom stereocenters. The number of hydrogen-bond donors (Lipinski definition) is 1. The molecule has 4 aromatic rings. The first-order chi connectivity index (χ1) is 15.5. The number of aromatic nitrogens is 2. The lowest BCUT2D eigenvalue weighted by atomic mass is 10.2. The number of anilines is 1. The molecule has 1 amide bonds. The summed E-state index contributed by atoms with van der Waals surface area (Å²) in [4.78, 5) is 12.5. The molecule has 0 fully saturated rings. The summed E-state index contributed by atoms with van der Waals surface area (Å²) in [5.74, 6) is 1.80. The number of ether oxygens (including phenoxy) is 2. The van der Waals surface area contributed by atoms with Crippen LogP contribution >= 0.6 is 23.2 Å². The van der Waals surface area contributed by atoms with Gasteiger partial charge in [-0.2, -0.15) is 5.10 Å². The molecule has 0 unspecified atom stereocenters. The topological polar surface area (TPSA) is 78.5 Å². The van der Waals surface area contributed by atoms with E-state index in [2.05, 4.69) is 10.4 Å². The summed E-state index contributed by atoms with van der Waals surface area (Å²) in [6, 6.07) is 17.5. The number of rotatable bonds is 8. The summed E-state index contributed by atoms with van der Waals surface area (Å²) < 4.78 is 18.2. The van der Waals surface area contributed by atoms with E-state index in [-0.39, 0.29) is 12.4 Å². The van der Waals surface area contributed by atoms with Gasteiger partial charge < -0.3 is 19.2 Å². The summed E-state index contributed by atoms with van der Waals surface area (Å²) in [5, 5.41) is 8.16. The molecule has 4 rings (SSSR count). The van der Waals surface area contributed by atoms with Crippen LogP contribution in [0.3, 0.4) is 0 Å². The zero-order chi connectivity index (χ0) is 22.5. The van der Waals surface area contributed by atoms with E-state index in [1.807, 2.05) is 12.1 Å². The van der Waals surface area contributed by atoms with E-state index in [1.165, 1.54) is 0 Å². The molecule has 32 heavy (non-hydrogen) atoms. The van der Waals surface area contributed by atoms with Gasteiger partial charge >= 0.3 is 0 Å². The zero-order valence-electron chi connectivity index (χ0n) is 17.0. The van der Waals surface area contributed by atoms with Crippen molar-refractivity contribution in [1.82, 2.24) is 9.78 Å². The number of carbonyl (C=O) groups excluding carboxylic acids is 1. The number of carbonyl (C=O) groups is 1. The van der Waals surface area contributed by atoms with Crippen molar-refractivity contribution < 1.29 is 18.7 Å². The van der Waals surface area contributed by atoms with E-state index in [0.29, 0.717) is 39.7 Å². The fourth-order valence-corrected chi connectivity index (χ4v) is 3.52. The molecule has 0 saturated heterocycles. The van der Waals surface area contributed by atoms with Gasteiger partial charge in [-0.3, -0.25) is 9.48 Å². The van der Waals surface area contributed by atoms with Gasteiger partial charge in [-0.1, -0.05) is 41.4 Å². The van der Waals surface area contributed by atoms with Gasteiger partial charge in [-0.05, 0) is 36.4 Å². The predicted octanol–water partition coefficient (Wildman–Crippen LogP) is 5.67. The van der Waals surface area contributed by atoms with Crippen LogP contribution in [0.1, 0.15) is 21.9 Å². The molecule has 0 radical (unpaired) electrons. The highest BCUT2D eigenvalue weighted by Gasteiger charge is 2.14. The van der Waals surface area contributed by atoms with Crippen molar-refractivity contribution in [3.8, 4) is 11.5 Å². The Bertz CT molecular complexity index is 1220. The van der Waals surface area contributed by atoms with Gasteiger partial charge in [0.05, 0.1) is 13.7 Å². The van der Waals surface area contributed by atoms with E-state index >= 15 is 0 Å². The maximum Gasteiger partial charge on any atom is 0.292 e. The number of nitrogens with one attached hydrogen (secondary N) is 1. The number of hydrogen-bond acceptors (Lipinski definition) is 5. The molecule has 2 aromatic heterocycles. The molecule has 0 aliphatic rings. The molecule has 9 heteroatoms. The first-order valence-electron chi connectivity index (χ1n) is 9.65. The van der Waals surface area contributed by atoms with Gasteiger partial charge in [0.2, 0.25) is 0 Å². The monoisotopic (exact) mass is 471 g/mol. The normalized spacial score (nSPS) is 10.7. The summed E-state index contributed by atoms with van der Waals surface area (Å²) >= 11 is 12.4. The lowest BCUT2D eigenvalue weighted by Gasteiger charge is -2.08. The standard InChI is InChI=1S/C23H19Cl2N3O4/c1-30-19-7-2-3-8-20(19)31-14-15-9-10-21(32-15)23(29)26-22-11-12-28(27-22)13-16-17(24)5-4-6-18(16)25/h2-12H,13-14H2,1H3,(H,26,27,29). The van der Waals surface area contributed by atoms with Gasteiger partial charge in [0.1, 0.15) is 12.4 Å². The van der Waals surface area contributed by atoms with E-state index in [9.17, 15) is 4.79 Å². The van der Waals surface area contributed by atoms with E-state index < -0.39 is 5.91 Å². The van der Waals surface area contributed by atoms with Crippen molar-refractivity contribution in [3.05, 3.63) is 94.0 Å². The second-order valence-corrected chi connectivity index (χ2v) is 7.57. The average Bonchev–Trinajstić information content (AvgIpc) is 3.45. The van der Waals surface area contributed by atoms with Gasteiger partial charge in [-0.25, -0.2) is 0 Å². The van der Waals surface area contributed by atoms with Gasteiger partial charge in [0, 0.05) is 27.9 Å². The number of benzene rings is 2. The van der Waals surface area contributed by atoms with Gasteiger partial charge in [-0.15, -0.1) is 0 Å². The van der Waals surface area contributed by atoms with Crippen molar-refractivity contribution in [2.24, 2.45) is 0 Å². The molecule has 0 spiro atoms. The number of furan rings is 1. The second-order valence-electron chi connectivity index (χ2n) is 6.76. The van der Waals surface area contributed by atoms with E-state index in [1.54, 1.807) is 66.5 Å². The van der Waals surface area contributed by atoms with Crippen LogP contribution in [0.25, 0.3) is 0 Å². The number of para-hydroxylation sites is 2. The predicted molar refractivity (Wildman–Crippen MR) is 122 cm³/mol. The van der Waals surface area contributed by atoms with Crippen molar-refractivity contribution in [2.75, 3.05) is 12.4 Å². The summed E-state index contributed by atoms with van der Waals surface area (Å²) in [6.45, 7) is 0.528. The van der Waals surface area contributed by atoms with Crippen LogP contribution in [0.5, 0.6) is 11.5 Å². The van der Waals surface area contributed by atoms with Crippen LogP contribution in [-0.4, -0.2) is 22.8 Å². The molecule has 164 valence electrons. The molecule has 0 aliphatic heterocycles. The molecule has 0 saturated carbocycles. The second kappa shape index (κ2) is 9.80. The fourth-order valence-electron chi connectivity index (χ4n) is 3.00. The first kappa shape index (κ1) is 21.8. The van der Waals surface area contributed by atoms with Crippen LogP contribution in [0, 0.1) is 0 Å². The zero-order valence-corrected chi connectivity index (χ0v) is 18.6. The Balaban J connectivity index is 1.36. The Hall–Kier alpha value is -3.42. The van der Waals surface area contributed by atoms with E-state index in [4.69, 9.17) is 37.1 Å². The summed E-state index contributed by atoms with van der Waals surface area (Å²) in [5.41, 5.74) is 0.752. The minimum Gasteiger partial charge on any atom is -0.493 e. The molecule has 1 N–H and O–H groups in total. The molecule has 2 heterocycles. The third-order valence-corrected chi connectivity index (χ3v) is 5.30. The van der Waals surface area contributed by atoms with Crippen molar-refractivity contribution in [2.45, 2.75) is 13.2 Å². The quantitative estimate of drug-likeness (QED) is 0.358. The Kier molecular flexibility index (Phi) is 6.68. The molecule has 0 aliphatic carbocycles. The smallest absolute Gasteiger partial charge is 0.292 e. The average molecular weight is 472 g/mol. The fraction of sp³-hybridized carbons (Fsp3) is 0.130. The van der Waals surface area contributed by atoms with Crippen LogP contribution in [-0.2, 0) is 13.2 Å². The lowest BCUT2D eigenvalue weighted by Crippen LogP contribution is -2.12. The van der Waals surface area contributed by atoms with Crippen LogP contribution in [0.4, 0.5) is 5.82 Å². The first-order valence-corrected chi connectivity index (χ1v) is 10.4. The number of nitrogens with zero attached hydrogens (tertiary/aromatic N) is 2.